The van der Waals surface area contributed by atoms with Crippen molar-refractivity contribution in [2.45, 2.75) is 72.7 Å². The SMILES string of the molecule is CCC1=C(C)C(O)=C(Cc2c(O)c3c(c(C(=O)C(C)CC)c2O)OC(C)(C)C=C3)C(OC)O1. The minimum atomic E-state index is -0.891. The van der Waals surface area contributed by atoms with Crippen molar-refractivity contribution in [2.75, 3.05) is 7.11 Å². The van der Waals surface area contributed by atoms with Gasteiger partial charge in [0.1, 0.15) is 39.9 Å². The molecule has 1 aromatic rings. The molecule has 0 bridgehead atoms. The Kier molecular flexibility index (Phi) is 6.84. The summed E-state index contributed by atoms with van der Waals surface area (Å²) in [7, 11) is 1.45. The van der Waals surface area contributed by atoms with Crippen LogP contribution in [-0.4, -0.2) is 40.1 Å². The molecular formula is C26H34O7. The van der Waals surface area contributed by atoms with Gasteiger partial charge >= 0.3 is 0 Å². The normalized spacial score (nSPS) is 20.3. The van der Waals surface area contributed by atoms with E-state index >= 15 is 0 Å². The number of benzene rings is 1. The Hall–Kier alpha value is -2.93. The van der Waals surface area contributed by atoms with E-state index in [0.29, 0.717) is 35.3 Å². The summed E-state index contributed by atoms with van der Waals surface area (Å²) in [5, 5.41) is 33.3. The van der Waals surface area contributed by atoms with E-state index in [0.717, 1.165) is 0 Å². The van der Waals surface area contributed by atoms with Gasteiger partial charge in [0.2, 0.25) is 6.29 Å². The van der Waals surface area contributed by atoms with Crippen LogP contribution in [0.1, 0.15) is 75.9 Å². The van der Waals surface area contributed by atoms with E-state index < -0.39 is 11.9 Å². The number of ether oxygens (including phenoxy) is 3. The number of aliphatic hydroxyl groups is 1. The maximum Gasteiger partial charge on any atom is 0.226 e. The molecule has 180 valence electrons. The van der Waals surface area contributed by atoms with Gasteiger partial charge in [0.05, 0.1) is 5.56 Å². The lowest BCUT2D eigenvalue weighted by Crippen LogP contribution is -2.30. The van der Waals surface area contributed by atoms with Gasteiger partial charge in [-0.25, -0.2) is 0 Å². The van der Waals surface area contributed by atoms with Crippen molar-refractivity contribution < 1.29 is 34.3 Å². The van der Waals surface area contributed by atoms with Gasteiger partial charge in [0.25, 0.3) is 0 Å². The number of aliphatic hydroxyl groups excluding tert-OH is 1. The molecule has 2 aliphatic heterocycles. The zero-order chi connectivity index (χ0) is 24.7. The summed E-state index contributed by atoms with van der Waals surface area (Å²) in [5.74, 6) is -0.447. The Balaban J connectivity index is 2.25. The van der Waals surface area contributed by atoms with Gasteiger partial charge < -0.3 is 29.5 Å². The number of carbonyl (C=O) groups excluding carboxylic acids is 1. The summed E-state index contributed by atoms with van der Waals surface area (Å²) in [4.78, 5) is 13.3. The number of Topliss-reactive ketones (excluding diaryl/α,β-unsaturated/α-hetero) is 1. The minimum absolute atomic E-state index is 0.0100. The van der Waals surface area contributed by atoms with E-state index in [1.54, 1.807) is 26.0 Å². The lowest BCUT2D eigenvalue weighted by Gasteiger charge is -2.32. The summed E-state index contributed by atoms with van der Waals surface area (Å²) in [5.41, 5.74) is 0.667. The van der Waals surface area contributed by atoms with Crippen LogP contribution >= 0.6 is 0 Å². The van der Waals surface area contributed by atoms with E-state index in [1.165, 1.54) is 7.11 Å². The predicted octanol–water partition coefficient (Wildman–Crippen LogP) is 5.55. The molecule has 0 aromatic heterocycles. The third kappa shape index (κ3) is 4.34. The second-order valence-electron chi connectivity index (χ2n) is 9.14. The van der Waals surface area contributed by atoms with E-state index in [2.05, 4.69) is 0 Å². The Morgan fingerprint density at radius 3 is 2.45 bits per heavy atom. The molecule has 0 saturated carbocycles. The fraction of sp³-hybridized carbons (Fsp3) is 0.500. The van der Waals surface area contributed by atoms with Crippen molar-refractivity contribution in [3.05, 3.63) is 45.4 Å². The Morgan fingerprint density at radius 1 is 1.21 bits per heavy atom. The number of ketones is 1. The molecule has 2 aliphatic rings. The highest BCUT2D eigenvalue weighted by Gasteiger charge is 2.36. The van der Waals surface area contributed by atoms with Crippen LogP contribution in [0.5, 0.6) is 17.2 Å². The zero-order valence-electron chi connectivity index (χ0n) is 20.4. The zero-order valence-corrected chi connectivity index (χ0v) is 20.4. The molecule has 2 atom stereocenters. The van der Waals surface area contributed by atoms with Crippen molar-refractivity contribution in [3.8, 4) is 17.2 Å². The molecule has 0 radical (unpaired) electrons. The lowest BCUT2D eigenvalue weighted by molar-refractivity contribution is -0.0775. The fourth-order valence-electron chi connectivity index (χ4n) is 4.11. The number of hydrogen-bond acceptors (Lipinski definition) is 7. The third-order valence-electron chi connectivity index (χ3n) is 6.37. The third-order valence-corrected chi connectivity index (χ3v) is 6.37. The molecule has 3 rings (SSSR count). The van der Waals surface area contributed by atoms with Gasteiger partial charge in [-0.15, -0.1) is 0 Å². The van der Waals surface area contributed by atoms with Crippen LogP contribution in [0.15, 0.2) is 28.7 Å². The molecule has 7 heteroatoms. The molecule has 33 heavy (non-hydrogen) atoms. The Bertz CT molecular complexity index is 1060. The molecule has 0 saturated heterocycles. The molecule has 3 N–H and O–H groups in total. The first-order valence-electron chi connectivity index (χ1n) is 11.3. The van der Waals surface area contributed by atoms with E-state index in [1.807, 2.05) is 27.7 Å². The van der Waals surface area contributed by atoms with Crippen LogP contribution in [0, 0.1) is 5.92 Å². The van der Waals surface area contributed by atoms with Gasteiger partial charge in [-0.05, 0) is 39.3 Å². The van der Waals surface area contributed by atoms with E-state index in [9.17, 15) is 20.1 Å². The summed E-state index contributed by atoms with van der Waals surface area (Å²) < 4.78 is 17.3. The number of rotatable bonds is 7. The van der Waals surface area contributed by atoms with Gasteiger partial charge in [-0.3, -0.25) is 4.79 Å². The quantitative estimate of drug-likeness (QED) is 0.460. The highest BCUT2D eigenvalue weighted by Crippen LogP contribution is 2.49. The van der Waals surface area contributed by atoms with Crippen LogP contribution in [0.2, 0.25) is 0 Å². The highest BCUT2D eigenvalue weighted by atomic mass is 16.7. The Labute approximate surface area is 195 Å². The predicted molar refractivity (Wildman–Crippen MR) is 126 cm³/mol. The lowest BCUT2D eigenvalue weighted by atomic mass is 9.87. The van der Waals surface area contributed by atoms with Crippen LogP contribution in [0.25, 0.3) is 6.08 Å². The van der Waals surface area contributed by atoms with Crippen LogP contribution < -0.4 is 4.74 Å². The average Bonchev–Trinajstić information content (AvgIpc) is 2.77. The monoisotopic (exact) mass is 458 g/mol. The maximum atomic E-state index is 13.3. The smallest absolute Gasteiger partial charge is 0.226 e. The topological polar surface area (TPSA) is 105 Å². The molecule has 2 heterocycles. The Morgan fingerprint density at radius 2 is 1.88 bits per heavy atom. The number of aromatic hydroxyl groups is 2. The first-order valence-corrected chi connectivity index (χ1v) is 11.3. The molecular weight excluding hydrogens is 424 g/mol. The van der Waals surface area contributed by atoms with Crippen LogP contribution in [0.3, 0.4) is 0 Å². The number of phenolic OH excluding ortho intramolecular Hbond substituents is 2. The molecule has 7 nitrogen and oxygen atoms in total. The molecule has 0 fully saturated rings. The average molecular weight is 459 g/mol. The maximum absolute atomic E-state index is 13.3. The second-order valence-corrected chi connectivity index (χ2v) is 9.14. The number of fused-ring (bicyclic) bond motifs is 1. The van der Waals surface area contributed by atoms with Crippen LogP contribution in [-0.2, 0) is 15.9 Å². The molecule has 0 amide bonds. The van der Waals surface area contributed by atoms with Gasteiger partial charge in [-0.1, -0.05) is 20.8 Å². The molecule has 1 aromatic carbocycles. The summed E-state index contributed by atoms with van der Waals surface area (Å²) in [6.07, 6.45) is 3.66. The van der Waals surface area contributed by atoms with Crippen molar-refractivity contribution in [2.24, 2.45) is 5.92 Å². The number of allylic oxidation sites excluding steroid dienone is 2. The largest absolute Gasteiger partial charge is 0.507 e. The van der Waals surface area contributed by atoms with E-state index in [4.69, 9.17) is 14.2 Å². The van der Waals surface area contributed by atoms with Crippen molar-refractivity contribution in [3.63, 3.8) is 0 Å². The second kappa shape index (κ2) is 9.14. The van der Waals surface area contributed by atoms with Gasteiger partial charge in [-0.2, -0.15) is 0 Å². The highest BCUT2D eigenvalue weighted by molar-refractivity contribution is 6.05. The number of carbonyl (C=O) groups is 1. The molecule has 0 aliphatic carbocycles. The minimum Gasteiger partial charge on any atom is -0.507 e. The van der Waals surface area contributed by atoms with E-state index in [-0.39, 0.29) is 52.3 Å². The first-order chi connectivity index (χ1) is 15.5. The number of phenols is 2. The summed E-state index contributed by atoms with van der Waals surface area (Å²) >= 11 is 0. The van der Waals surface area contributed by atoms with Crippen molar-refractivity contribution in [1.82, 2.24) is 0 Å². The first kappa shape index (κ1) is 24.7. The molecule has 2 unspecified atom stereocenters. The number of methoxy groups -OCH3 is 1. The van der Waals surface area contributed by atoms with Crippen molar-refractivity contribution in [1.29, 1.82) is 0 Å². The number of hydrogen-bond donors (Lipinski definition) is 3. The standard InChI is InChI=1S/C26H34O7/c1-8-13(3)20(27)19-23(30)16(22(29)15-10-11-26(5,6)33-24(15)19)12-17-21(28)14(4)18(9-2)32-25(17)31-7/h10-11,13,25,28-30H,8-9,12H2,1-7H3. The van der Waals surface area contributed by atoms with Crippen LogP contribution in [0.4, 0.5) is 0 Å². The summed E-state index contributed by atoms with van der Waals surface area (Å²) in [6.45, 7) is 11.0. The fourth-order valence-corrected chi connectivity index (χ4v) is 4.11. The van der Waals surface area contributed by atoms with Gasteiger partial charge in [0.15, 0.2) is 5.78 Å². The van der Waals surface area contributed by atoms with Crippen molar-refractivity contribution >= 4 is 11.9 Å². The van der Waals surface area contributed by atoms with Gasteiger partial charge in [0, 0.05) is 42.6 Å². The molecule has 0 spiro atoms. The summed E-state index contributed by atoms with van der Waals surface area (Å²) in [6, 6.07) is 0.